The lowest BCUT2D eigenvalue weighted by atomic mass is 9.86. The summed E-state index contributed by atoms with van der Waals surface area (Å²) < 4.78 is 0. The molecule has 0 radical (unpaired) electrons. The molecule has 12 heavy (non-hydrogen) atoms. The zero-order chi connectivity index (χ0) is 8.97. The number of aliphatic hydroxyl groups excluding tert-OH is 1. The molecule has 66 valence electrons. The van der Waals surface area contributed by atoms with Crippen LogP contribution in [0, 0.1) is 5.92 Å². The molecule has 0 bridgehead atoms. The molecule has 1 aliphatic carbocycles. The standard InChI is InChI=1S/C7H11N3O2/c8-10-9-7(12)5-3-1-2-4-6(5)11/h5-6,11H,1-4H2. The fourth-order valence-corrected chi connectivity index (χ4v) is 1.52. The van der Waals surface area contributed by atoms with E-state index in [4.69, 9.17) is 5.53 Å². The summed E-state index contributed by atoms with van der Waals surface area (Å²) in [5.74, 6) is -0.987. The maximum atomic E-state index is 11.0. The summed E-state index contributed by atoms with van der Waals surface area (Å²) in [5.41, 5.74) is 8.01. The minimum atomic E-state index is -0.614. The summed E-state index contributed by atoms with van der Waals surface area (Å²) in [4.78, 5) is 13.4. The van der Waals surface area contributed by atoms with Crippen molar-refractivity contribution in [1.82, 2.24) is 0 Å². The van der Waals surface area contributed by atoms with Crippen molar-refractivity contribution >= 4 is 5.91 Å². The molecule has 0 spiro atoms. The molecule has 1 rings (SSSR count). The van der Waals surface area contributed by atoms with E-state index in [1.165, 1.54) is 0 Å². The molecule has 1 N–H and O–H groups in total. The third kappa shape index (κ3) is 1.96. The van der Waals surface area contributed by atoms with Crippen LogP contribution in [-0.2, 0) is 4.79 Å². The van der Waals surface area contributed by atoms with E-state index in [0.717, 1.165) is 12.8 Å². The van der Waals surface area contributed by atoms with Crippen LogP contribution < -0.4 is 0 Å². The number of amides is 1. The van der Waals surface area contributed by atoms with Gasteiger partial charge in [-0.3, -0.25) is 4.79 Å². The van der Waals surface area contributed by atoms with Gasteiger partial charge < -0.3 is 5.11 Å². The lowest BCUT2D eigenvalue weighted by Gasteiger charge is -2.24. The van der Waals surface area contributed by atoms with Crippen molar-refractivity contribution in [2.75, 3.05) is 0 Å². The molecule has 1 fully saturated rings. The molecule has 0 heterocycles. The van der Waals surface area contributed by atoms with Gasteiger partial charge in [0, 0.05) is 4.91 Å². The zero-order valence-electron chi connectivity index (χ0n) is 6.68. The molecule has 5 nitrogen and oxygen atoms in total. The monoisotopic (exact) mass is 169 g/mol. The number of nitrogens with zero attached hydrogens (tertiary/aromatic N) is 3. The number of hydrogen-bond donors (Lipinski definition) is 1. The van der Waals surface area contributed by atoms with Gasteiger partial charge in [0.2, 0.25) is 5.91 Å². The Hall–Kier alpha value is -1.06. The van der Waals surface area contributed by atoms with Crippen LogP contribution in [0.15, 0.2) is 5.11 Å². The molecule has 0 aromatic heterocycles. The van der Waals surface area contributed by atoms with Crippen LogP contribution >= 0.6 is 0 Å². The highest BCUT2D eigenvalue weighted by Gasteiger charge is 2.28. The Morgan fingerprint density at radius 3 is 2.75 bits per heavy atom. The first kappa shape index (κ1) is 9.03. The van der Waals surface area contributed by atoms with Crippen molar-refractivity contribution in [3.05, 3.63) is 10.4 Å². The van der Waals surface area contributed by atoms with Gasteiger partial charge in [-0.15, -0.1) is 0 Å². The first-order valence-corrected chi connectivity index (χ1v) is 4.02. The third-order valence-electron chi connectivity index (χ3n) is 2.19. The van der Waals surface area contributed by atoms with Crippen LogP contribution in [-0.4, -0.2) is 17.1 Å². The molecular formula is C7H11N3O2. The fraction of sp³-hybridized carbons (Fsp3) is 0.857. The van der Waals surface area contributed by atoms with Crippen LogP contribution in [0.3, 0.4) is 0 Å². The summed E-state index contributed by atoms with van der Waals surface area (Å²) in [6.07, 6.45) is 2.53. The van der Waals surface area contributed by atoms with Gasteiger partial charge >= 0.3 is 0 Å². The SMILES string of the molecule is [N-]=[N+]=NC(=O)C1CCCCC1O. The van der Waals surface area contributed by atoms with Crippen LogP contribution in [0.2, 0.25) is 0 Å². The van der Waals surface area contributed by atoms with E-state index in [-0.39, 0.29) is 0 Å². The highest BCUT2D eigenvalue weighted by Crippen LogP contribution is 2.25. The fourth-order valence-electron chi connectivity index (χ4n) is 1.52. The molecular weight excluding hydrogens is 158 g/mol. The van der Waals surface area contributed by atoms with Gasteiger partial charge in [0.05, 0.1) is 12.0 Å². The van der Waals surface area contributed by atoms with Gasteiger partial charge in [0.1, 0.15) is 0 Å². The summed E-state index contributed by atoms with van der Waals surface area (Å²) in [7, 11) is 0. The topological polar surface area (TPSA) is 86.1 Å². The van der Waals surface area contributed by atoms with Crippen molar-refractivity contribution in [2.45, 2.75) is 31.8 Å². The van der Waals surface area contributed by atoms with E-state index in [0.29, 0.717) is 12.8 Å². The van der Waals surface area contributed by atoms with Gasteiger partial charge in [-0.05, 0) is 23.5 Å². The van der Waals surface area contributed by atoms with Gasteiger partial charge in [0.15, 0.2) is 0 Å². The molecule has 2 atom stereocenters. The number of aliphatic hydroxyl groups is 1. The molecule has 1 aliphatic rings. The van der Waals surface area contributed by atoms with E-state index in [1.807, 2.05) is 0 Å². The molecule has 0 saturated heterocycles. The Morgan fingerprint density at radius 2 is 2.17 bits per heavy atom. The van der Waals surface area contributed by atoms with Crippen LogP contribution in [0.1, 0.15) is 25.7 Å². The van der Waals surface area contributed by atoms with E-state index in [2.05, 4.69) is 10.0 Å². The van der Waals surface area contributed by atoms with Crippen molar-refractivity contribution in [3.63, 3.8) is 0 Å². The van der Waals surface area contributed by atoms with Crippen LogP contribution in [0.25, 0.3) is 10.4 Å². The highest BCUT2D eigenvalue weighted by molar-refractivity contribution is 5.80. The quantitative estimate of drug-likeness (QED) is 0.365. The van der Waals surface area contributed by atoms with Gasteiger partial charge in [0.25, 0.3) is 0 Å². The molecule has 1 saturated carbocycles. The number of carbonyl (C=O) groups is 1. The Morgan fingerprint density at radius 1 is 1.50 bits per heavy atom. The number of azide groups is 1. The molecule has 0 aromatic carbocycles. The van der Waals surface area contributed by atoms with Gasteiger partial charge in [-0.25, -0.2) is 0 Å². The maximum Gasteiger partial charge on any atom is 0.224 e. The normalized spacial score (nSPS) is 29.1. The lowest BCUT2D eigenvalue weighted by Crippen LogP contribution is -2.30. The molecule has 0 aliphatic heterocycles. The predicted octanol–water partition coefficient (Wildman–Crippen LogP) is 1.37. The Balaban J connectivity index is 2.59. The Labute approximate surface area is 70.0 Å². The zero-order valence-corrected chi connectivity index (χ0v) is 6.68. The third-order valence-corrected chi connectivity index (χ3v) is 2.19. The van der Waals surface area contributed by atoms with Crippen molar-refractivity contribution in [2.24, 2.45) is 11.0 Å². The molecule has 0 aromatic rings. The molecule has 2 unspecified atom stereocenters. The second-order valence-corrected chi connectivity index (χ2v) is 2.99. The predicted molar refractivity (Wildman–Crippen MR) is 42.1 cm³/mol. The maximum absolute atomic E-state index is 11.0. The van der Waals surface area contributed by atoms with Crippen LogP contribution in [0.4, 0.5) is 0 Å². The van der Waals surface area contributed by atoms with Crippen LogP contribution in [0.5, 0.6) is 0 Å². The number of hydrogen-bond acceptors (Lipinski definition) is 2. The smallest absolute Gasteiger partial charge is 0.224 e. The first-order chi connectivity index (χ1) is 5.75. The van der Waals surface area contributed by atoms with Gasteiger partial charge in [-0.2, -0.15) is 0 Å². The van der Waals surface area contributed by atoms with E-state index < -0.39 is 17.9 Å². The average Bonchev–Trinajstić information content (AvgIpc) is 2.05. The summed E-state index contributed by atoms with van der Waals surface area (Å²) >= 11 is 0. The highest BCUT2D eigenvalue weighted by atomic mass is 16.3. The number of rotatable bonds is 1. The van der Waals surface area contributed by atoms with Crippen molar-refractivity contribution in [1.29, 1.82) is 0 Å². The molecule has 1 amide bonds. The first-order valence-electron chi connectivity index (χ1n) is 4.02. The second kappa shape index (κ2) is 4.09. The van der Waals surface area contributed by atoms with Crippen molar-refractivity contribution in [3.8, 4) is 0 Å². The second-order valence-electron chi connectivity index (χ2n) is 2.99. The summed E-state index contributed by atoms with van der Waals surface area (Å²) in [6, 6.07) is 0. The summed E-state index contributed by atoms with van der Waals surface area (Å²) in [5, 5.41) is 12.3. The Bertz CT molecular complexity index is 223. The van der Waals surface area contributed by atoms with E-state index in [1.54, 1.807) is 0 Å². The lowest BCUT2D eigenvalue weighted by molar-refractivity contribution is -0.126. The van der Waals surface area contributed by atoms with E-state index >= 15 is 0 Å². The largest absolute Gasteiger partial charge is 0.392 e. The minimum absolute atomic E-state index is 0.463. The minimum Gasteiger partial charge on any atom is -0.392 e. The number of carbonyl (C=O) groups excluding carboxylic acids is 1. The van der Waals surface area contributed by atoms with E-state index in [9.17, 15) is 9.90 Å². The summed E-state index contributed by atoms with van der Waals surface area (Å²) in [6.45, 7) is 0. The molecule has 5 heteroatoms. The van der Waals surface area contributed by atoms with Gasteiger partial charge in [-0.1, -0.05) is 12.8 Å². The Kier molecular flexibility index (Phi) is 3.08. The average molecular weight is 169 g/mol. The van der Waals surface area contributed by atoms with Crippen molar-refractivity contribution < 1.29 is 9.90 Å².